The fourth-order valence-corrected chi connectivity index (χ4v) is 3.06. The minimum atomic E-state index is 0.536. The maximum absolute atomic E-state index is 5.49. The van der Waals surface area contributed by atoms with Crippen LogP contribution in [0.15, 0.2) is 29.2 Å². The highest BCUT2D eigenvalue weighted by atomic mass is 32.2. The van der Waals surface area contributed by atoms with Crippen molar-refractivity contribution in [3.05, 3.63) is 29.8 Å². The summed E-state index contributed by atoms with van der Waals surface area (Å²) in [5.74, 6) is 1.22. The monoisotopic (exact) mass is 222 g/mol. The first-order valence-electron chi connectivity index (χ1n) is 5.57. The quantitative estimate of drug-likeness (QED) is 0.767. The lowest BCUT2D eigenvalue weighted by atomic mass is 10.0. The van der Waals surface area contributed by atoms with Gasteiger partial charge in [-0.1, -0.05) is 18.2 Å². The first-order valence-corrected chi connectivity index (χ1v) is 6.55. The molecule has 15 heavy (non-hydrogen) atoms. The second-order valence-electron chi connectivity index (χ2n) is 3.82. The molecule has 1 atom stereocenters. The predicted octanol–water partition coefficient (Wildman–Crippen LogP) is 2.16. The van der Waals surface area contributed by atoms with Gasteiger partial charge in [0.05, 0.1) is 0 Å². The van der Waals surface area contributed by atoms with Gasteiger partial charge < -0.3 is 11.1 Å². The molecule has 0 saturated carbocycles. The maximum Gasteiger partial charge on any atom is 0.0339 e. The highest BCUT2D eigenvalue weighted by molar-refractivity contribution is 7.99. The number of nitrogens with two attached hydrogens (primary N) is 1. The van der Waals surface area contributed by atoms with Crippen LogP contribution in [0.2, 0.25) is 0 Å². The average molecular weight is 222 g/mol. The standard InChI is InChI=1S/C12H18N2S/c13-7-3-8-14-11-6-9-15-12-5-2-1-4-10(11)12/h1-2,4-5,11,14H,3,6-9,13H2. The lowest BCUT2D eigenvalue weighted by molar-refractivity contribution is 0.504. The molecule has 3 N–H and O–H groups in total. The molecule has 0 radical (unpaired) electrons. The largest absolute Gasteiger partial charge is 0.330 e. The smallest absolute Gasteiger partial charge is 0.0339 e. The minimum absolute atomic E-state index is 0.536. The van der Waals surface area contributed by atoms with Gasteiger partial charge in [-0.05, 0) is 43.3 Å². The molecular formula is C12H18N2S. The van der Waals surface area contributed by atoms with Gasteiger partial charge in [0.15, 0.2) is 0 Å². The van der Waals surface area contributed by atoms with Gasteiger partial charge in [0.1, 0.15) is 0 Å². The molecular weight excluding hydrogens is 204 g/mol. The van der Waals surface area contributed by atoms with E-state index in [4.69, 9.17) is 5.73 Å². The third-order valence-electron chi connectivity index (χ3n) is 2.73. The SMILES string of the molecule is NCCCNC1CCSc2ccccc21. The van der Waals surface area contributed by atoms with Crippen LogP contribution in [-0.4, -0.2) is 18.8 Å². The molecule has 0 amide bonds. The molecule has 0 spiro atoms. The van der Waals surface area contributed by atoms with Crippen LogP contribution in [0.25, 0.3) is 0 Å². The summed E-state index contributed by atoms with van der Waals surface area (Å²) in [5.41, 5.74) is 6.96. The van der Waals surface area contributed by atoms with E-state index in [-0.39, 0.29) is 0 Å². The Balaban J connectivity index is 2.02. The molecule has 0 bridgehead atoms. The number of fused-ring (bicyclic) bond motifs is 1. The molecule has 1 unspecified atom stereocenters. The number of benzene rings is 1. The summed E-state index contributed by atoms with van der Waals surface area (Å²) < 4.78 is 0. The van der Waals surface area contributed by atoms with E-state index in [1.54, 1.807) is 0 Å². The van der Waals surface area contributed by atoms with Crippen LogP contribution in [0.1, 0.15) is 24.4 Å². The van der Waals surface area contributed by atoms with E-state index >= 15 is 0 Å². The number of nitrogens with one attached hydrogen (secondary N) is 1. The lowest BCUT2D eigenvalue weighted by Gasteiger charge is -2.25. The zero-order valence-electron chi connectivity index (χ0n) is 8.91. The van der Waals surface area contributed by atoms with Crippen LogP contribution in [0.3, 0.4) is 0 Å². The van der Waals surface area contributed by atoms with Crippen molar-refractivity contribution in [1.29, 1.82) is 0 Å². The topological polar surface area (TPSA) is 38.0 Å². The molecule has 1 aromatic rings. The van der Waals surface area contributed by atoms with Crippen LogP contribution in [-0.2, 0) is 0 Å². The van der Waals surface area contributed by atoms with Crippen molar-refractivity contribution in [1.82, 2.24) is 5.32 Å². The van der Waals surface area contributed by atoms with Gasteiger partial charge in [-0.15, -0.1) is 11.8 Å². The summed E-state index contributed by atoms with van der Waals surface area (Å²) in [6.07, 6.45) is 2.29. The summed E-state index contributed by atoms with van der Waals surface area (Å²) in [5, 5.41) is 3.59. The molecule has 1 aromatic carbocycles. The number of hydrogen-bond acceptors (Lipinski definition) is 3. The number of rotatable bonds is 4. The van der Waals surface area contributed by atoms with Gasteiger partial charge in [0.25, 0.3) is 0 Å². The van der Waals surface area contributed by atoms with Crippen LogP contribution in [0.4, 0.5) is 0 Å². The van der Waals surface area contributed by atoms with Crippen molar-refractivity contribution < 1.29 is 0 Å². The zero-order chi connectivity index (χ0) is 10.5. The Morgan fingerprint density at radius 1 is 1.40 bits per heavy atom. The Morgan fingerprint density at radius 2 is 2.27 bits per heavy atom. The third kappa shape index (κ3) is 2.74. The van der Waals surface area contributed by atoms with Gasteiger partial charge in [-0.25, -0.2) is 0 Å². The highest BCUT2D eigenvalue weighted by Gasteiger charge is 2.18. The Morgan fingerprint density at radius 3 is 3.13 bits per heavy atom. The van der Waals surface area contributed by atoms with E-state index in [0.29, 0.717) is 6.04 Å². The first kappa shape index (κ1) is 11.0. The minimum Gasteiger partial charge on any atom is -0.330 e. The van der Waals surface area contributed by atoms with E-state index in [9.17, 15) is 0 Å². The molecule has 2 nitrogen and oxygen atoms in total. The van der Waals surface area contributed by atoms with Gasteiger partial charge in [0, 0.05) is 10.9 Å². The Bertz CT molecular complexity index is 314. The van der Waals surface area contributed by atoms with E-state index in [2.05, 4.69) is 29.6 Å². The third-order valence-corrected chi connectivity index (χ3v) is 3.85. The molecule has 3 heteroatoms. The maximum atomic E-state index is 5.49. The van der Waals surface area contributed by atoms with Crippen molar-refractivity contribution in [2.24, 2.45) is 5.73 Å². The van der Waals surface area contributed by atoms with Crippen LogP contribution in [0, 0.1) is 0 Å². The van der Waals surface area contributed by atoms with E-state index in [1.165, 1.54) is 22.6 Å². The van der Waals surface area contributed by atoms with Crippen molar-refractivity contribution in [2.45, 2.75) is 23.8 Å². The molecule has 2 rings (SSSR count). The summed E-state index contributed by atoms with van der Waals surface area (Å²) in [6.45, 7) is 1.80. The molecule has 1 aliphatic rings. The Kier molecular flexibility index (Phi) is 4.06. The summed E-state index contributed by atoms with van der Waals surface area (Å²) in [7, 11) is 0. The predicted molar refractivity (Wildman–Crippen MR) is 66.2 cm³/mol. The zero-order valence-corrected chi connectivity index (χ0v) is 9.72. The summed E-state index contributed by atoms with van der Waals surface area (Å²) >= 11 is 1.97. The van der Waals surface area contributed by atoms with Gasteiger partial charge in [-0.3, -0.25) is 0 Å². The van der Waals surface area contributed by atoms with Gasteiger partial charge in [0.2, 0.25) is 0 Å². The lowest BCUT2D eigenvalue weighted by Crippen LogP contribution is -2.26. The van der Waals surface area contributed by atoms with Gasteiger partial charge >= 0.3 is 0 Å². The molecule has 1 aliphatic heterocycles. The molecule has 82 valence electrons. The van der Waals surface area contributed by atoms with Crippen molar-refractivity contribution >= 4 is 11.8 Å². The van der Waals surface area contributed by atoms with E-state index < -0.39 is 0 Å². The molecule has 1 heterocycles. The molecule has 0 aliphatic carbocycles. The second-order valence-corrected chi connectivity index (χ2v) is 4.96. The first-order chi connectivity index (χ1) is 7.42. The highest BCUT2D eigenvalue weighted by Crippen LogP contribution is 2.35. The molecule has 0 fully saturated rings. The van der Waals surface area contributed by atoms with Crippen LogP contribution in [0.5, 0.6) is 0 Å². The normalized spacial score (nSPS) is 19.9. The molecule has 0 saturated heterocycles. The second kappa shape index (κ2) is 5.54. The average Bonchev–Trinajstić information content (AvgIpc) is 2.30. The van der Waals surface area contributed by atoms with E-state index in [0.717, 1.165) is 19.5 Å². The van der Waals surface area contributed by atoms with Crippen molar-refractivity contribution in [3.8, 4) is 0 Å². The fourth-order valence-electron chi connectivity index (χ4n) is 1.93. The summed E-state index contributed by atoms with van der Waals surface area (Å²) in [4.78, 5) is 1.44. The van der Waals surface area contributed by atoms with Gasteiger partial charge in [-0.2, -0.15) is 0 Å². The van der Waals surface area contributed by atoms with Crippen LogP contribution < -0.4 is 11.1 Å². The summed E-state index contributed by atoms with van der Waals surface area (Å²) in [6, 6.07) is 9.24. The number of thioether (sulfide) groups is 1. The Labute approximate surface area is 95.6 Å². The number of hydrogen-bond donors (Lipinski definition) is 2. The van der Waals surface area contributed by atoms with Crippen molar-refractivity contribution in [3.63, 3.8) is 0 Å². The van der Waals surface area contributed by atoms with Crippen molar-refractivity contribution in [2.75, 3.05) is 18.8 Å². The molecule has 0 aromatic heterocycles. The Hall–Kier alpha value is -0.510. The fraction of sp³-hybridized carbons (Fsp3) is 0.500. The van der Waals surface area contributed by atoms with Crippen LogP contribution >= 0.6 is 11.8 Å². The van der Waals surface area contributed by atoms with E-state index in [1.807, 2.05) is 11.8 Å².